The second kappa shape index (κ2) is 7.54. The van der Waals surface area contributed by atoms with Crippen LogP contribution in [0.15, 0.2) is 24.3 Å². The van der Waals surface area contributed by atoms with Crippen molar-refractivity contribution in [3.8, 4) is 11.5 Å². The molecule has 1 aromatic rings. The topological polar surface area (TPSA) is 44.8 Å². The van der Waals surface area contributed by atoms with Crippen molar-refractivity contribution in [1.29, 1.82) is 0 Å². The molecule has 0 N–H and O–H groups in total. The molecule has 0 aliphatic heterocycles. The van der Waals surface area contributed by atoms with Crippen LogP contribution in [0.4, 0.5) is 0 Å². The third-order valence-electron chi connectivity index (χ3n) is 1.96. The molecule has 1 rings (SSSR count). The van der Waals surface area contributed by atoms with Crippen LogP contribution >= 0.6 is 0 Å². The van der Waals surface area contributed by atoms with Crippen molar-refractivity contribution < 1.29 is 19.0 Å². The zero-order valence-electron chi connectivity index (χ0n) is 10.3. The van der Waals surface area contributed by atoms with E-state index >= 15 is 0 Å². The van der Waals surface area contributed by atoms with E-state index in [4.69, 9.17) is 14.2 Å². The van der Waals surface area contributed by atoms with Crippen LogP contribution in [0.1, 0.15) is 20.3 Å². The Bertz CT molecular complexity index is 332. The largest absolute Gasteiger partial charge is 0.494 e. The van der Waals surface area contributed by atoms with E-state index in [-0.39, 0.29) is 12.6 Å². The van der Waals surface area contributed by atoms with E-state index in [0.717, 1.165) is 12.2 Å². The van der Waals surface area contributed by atoms with Crippen molar-refractivity contribution in [1.82, 2.24) is 0 Å². The van der Waals surface area contributed by atoms with Crippen LogP contribution in [-0.2, 0) is 9.53 Å². The fourth-order valence-corrected chi connectivity index (χ4v) is 1.20. The van der Waals surface area contributed by atoms with Gasteiger partial charge in [0.1, 0.15) is 11.5 Å². The van der Waals surface area contributed by atoms with Crippen LogP contribution < -0.4 is 9.47 Å². The number of hydrogen-bond donors (Lipinski definition) is 0. The first-order chi connectivity index (χ1) is 8.26. The Kier molecular flexibility index (Phi) is 5.93. The third-order valence-corrected chi connectivity index (χ3v) is 1.96. The lowest BCUT2D eigenvalue weighted by Gasteiger charge is -2.07. The summed E-state index contributed by atoms with van der Waals surface area (Å²) in [5.41, 5.74) is 0. The lowest BCUT2D eigenvalue weighted by Crippen LogP contribution is -2.14. The second-order valence-electron chi connectivity index (χ2n) is 3.41. The van der Waals surface area contributed by atoms with E-state index in [1.807, 2.05) is 12.1 Å². The van der Waals surface area contributed by atoms with Gasteiger partial charge in [0, 0.05) is 0 Å². The first-order valence-electron chi connectivity index (χ1n) is 5.77. The van der Waals surface area contributed by atoms with Crippen LogP contribution in [0.3, 0.4) is 0 Å². The summed E-state index contributed by atoms with van der Waals surface area (Å²) in [6, 6.07) is 7.17. The van der Waals surface area contributed by atoms with Gasteiger partial charge in [0.05, 0.1) is 13.2 Å². The third kappa shape index (κ3) is 5.24. The summed E-state index contributed by atoms with van der Waals surface area (Å²) in [7, 11) is 0. The standard InChI is InChI=1S/C13H18O4/c1-3-9-16-11-5-7-12(8-6-11)17-10-13(14)15-4-2/h5-8H,3-4,9-10H2,1-2H3. The van der Waals surface area contributed by atoms with Gasteiger partial charge in [-0.2, -0.15) is 0 Å². The Hall–Kier alpha value is -1.71. The predicted molar refractivity (Wildman–Crippen MR) is 64.4 cm³/mol. The van der Waals surface area contributed by atoms with Gasteiger partial charge < -0.3 is 14.2 Å². The summed E-state index contributed by atoms with van der Waals surface area (Å²) in [5, 5.41) is 0. The van der Waals surface area contributed by atoms with Gasteiger partial charge in [-0.15, -0.1) is 0 Å². The molecule has 0 fully saturated rings. The van der Waals surface area contributed by atoms with Crippen molar-refractivity contribution in [3.63, 3.8) is 0 Å². The van der Waals surface area contributed by atoms with Crippen molar-refractivity contribution in [2.24, 2.45) is 0 Å². The maximum Gasteiger partial charge on any atom is 0.344 e. The van der Waals surface area contributed by atoms with Gasteiger partial charge >= 0.3 is 5.97 Å². The molecule has 0 bridgehead atoms. The minimum Gasteiger partial charge on any atom is -0.494 e. The maximum absolute atomic E-state index is 11.1. The number of ether oxygens (including phenoxy) is 3. The molecular weight excluding hydrogens is 220 g/mol. The highest BCUT2D eigenvalue weighted by molar-refractivity contribution is 5.71. The zero-order valence-corrected chi connectivity index (χ0v) is 10.3. The number of carbonyl (C=O) groups is 1. The van der Waals surface area contributed by atoms with E-state index in [2.05, 4.69) is 6.92 Å². The fraction of sp³-hybridized carbons (Fsp3) is 0.462. The van der Waals surface area contributed by atoms with Gasteiger partial charge in [-0.3, -0.25) is 0 Å². The zero-order chi connectivity index (χ0) is 12.5. The molecule has 0 atom stereocenters. The molecule has 0 aliphatic carbocycles. The van der Waals surface area contributed by atoms with Gasteiger partial charge in [0.15, 0.2) is 6.61 Å². The number of carbonyl (C=O) groups excluding carboxylic acids is 1. The SMILES string of the molecule is CCCOc1ccc(OCC(=O)OCC)cc1. The summed E-state index contributed by atoms with van der Waals surface area (Å²) in [6.07, 6.45) is 0.973. The Morgan fingerprint density at radius 3 is 2.18 bits per heavy atom. The van der Waals surface area contributed by atoms with Gasteiger partial charge in [-0.1, -0.05) is 6.92 Å². The molecular formula is C13H18O4. The monoisotopic (exact) mass is 238 g/mol. The number of rotatable bonds is 7. The molecule has 0 radical (unpaired) electrons. The van der Waals surface area contributed by atoms with Crippen LogP contribution in [-0.4, -0.2) is 25.8 Å². The molecule has 0 saturated heterocycles. The fourth-order valence-electron chi connectivity index (χ4n) is 1.20. The molecule has 0 unspecified atom stereocenters. The number of benzene rings is 1. The lowest BCUT2D eigenvalue weighted by atomic mass is 10.3. The van der Waals surface area contributed by atoms with Gasteiger partial charge in [-0.25, -0.2) is 4.79 Å². The maximum atomic E-state index is 11.1. The average Bonchev–Trinajstić information content (AvgIpc) is 2.35. The summed E-state index contributed by atoms with van der Waals surface area (Å²) in [4.78, 5) is 11.1. The number of hydrogen-bond acceptors (Lipinski definition) is 4. The molecule has 4 heteroatoms. The van der Waals surface area contributed by atoms with E-state index in [9.17, 15) is 4.79 Å². The van der Waals surface area contributed by atoms with Crippen LogP contribution in [0.2, 0.25) is 0 Å². The van der Waals surface area contributed by atoms with E-state index < -0.39 is 0 Å². The predicted octanol–water partition coefficient (Wildman–Crippen LogP) is 2.42. The molecule has 0 heterocycles. The molecule has 0 aliphatic rings. The Labute approximate surface area is 101 Å². The highest BCUT2D eigenvalue weighted by Gasteiger charge is 2.02. The van der Waals surface area contributed by atoms with Crippen molar-refractivity contribution >= 4 is 5.97 Å². The Balaban J connectivity index is 2.37. The number of esters is 1. The van der Waals surface area contributed by atoms with E-state index in [1.165, 1.54) is 0 Å². The van der Waals surface area contributed by atoms with Gasteiger partial charge in [0.2, 0.25) is 0 Å². The van der Waals surface area contributed by atoms with E-state index in [1.54, 1.807) is 19.1 Å². The normalized spacial score (nSPS) is 9.76. The minimum atomic E-state index is -0.362. The Morgan fingerprint density at radius 2 is 1.65 bits per heavy atom. The minimum absolute atomic E-state index is 0.0665. The van der Waals surface area contributed by atoms with Crippen LogP contribution in [0.5, 0.6) is 11.5 Å². The quantitative estimate of drug-likeness (QED) is 0.684. The van der Waals surface area contributed by atoms with Crippen LogP contribution in [0.25, 0.3) is 0 Å². The van der Waals surface area contributed by atoms with Crippen molar-refractivity contribution in [2.45, 2.75) is 20.3 Å². The molecule has 1 aromatic carbocycles. The highest BCUT2D eigenvalue weighted by atomic mass is 16.6. The molecule has 0 saturated carbocycles. The molecule has 4 nitrogen and oxygen atoms in total. The molecule has 0 aromatic heterocycles. The van der Waals surface area contributed by atoms with Crippen molar-refractivity contribution in [3.05, 3.63) is 24.3 Å². The first kappa shape index (κ1) is 13.4. The molecule has 94 valence electrons. The second-order valence-corrected chi connectivity index (χ2v) is 3.41. The summed E-state index contributed by atoms with van der Waals surface area (Å²) in [6.45, 7) is 4.81. The smallest absolute Gasteiger partial charge is 0.344 e. The molecule has 17 heavy (non-hydrogen) atoms. The first-order valence-corrected chi connectivity index (χ1v) is 5.77. The van der Waals surface area contributed by atoms with Gasteiger partial charge in [0.25, 0.3) is 0 Å². The van der Waals surface area contributed by atoms with Crippen molar-refractivity contribution in [2.75, 3.05) is 19.8 Å². The highest BCUT2D eigenvalue weighted by Crippen LogP contribution is 2.17. The summed E-state index contributed by atoms with van der Waals surface area (Å²) >= 11 is 0. The van der Waals surface area contributed by atoms with Crippen LogP contribution in [0, 0.1) is 0 Å². The molecule has 0 spiro atoms. The van der Waals surface area contributed by atoms with E-state index in [0.29, 0.717) is 19.0 Å². The summed E-state index contributed by atoms with van der Waals surface area (Å²) in [5.74, 6) is 1.07. The average molecular weight is 238 g/mol. The summed E-state index contributed by atoms with van der Waals surface area (Å²) < 4.78 is 15.4. The Morgan fingerprint density at radius 1 is 1.06 bits per heavy atom. The lowest BCUT2D eigenvalue weighted by molar-refractivity contribution is -0.145. The molecule has 0 amide bonds. The van der Waals surface area contributed by atoms with Gasteiger partial charge in [-0.05, 0) is 37.6 Å².